The van der Waals surface area contributed by atoms with Crippen molar-refractivity contribution in [3.05, 3.63) is 70.8 Å². The lowest BCUT2D eigenvalue weighted by molar-refractivity contribution is -0.132. The Morgan fingerprint density at radius 2 is 1.88 bits per heavy atom. The third-order valence-corrected chi connectivity index (χ3v) is 5.18. The van der Waals surface area contributed by atoms with E-state index in [4.69, 9.17) is 5.11 Å². The van der Waals surface area contributed by atoms with Crippen LogP contribution in [0.5, 0.6) is 0 Å². The van der Waals surface area contributed by atoms with E-state index in [1.807, 2.05) is 17.0 Å². The summed E-state index contributed by atoms with van der Waals surface area (Å²) in [4.78, 5) is 25.8. The molecule has 2 aliphatic rings. The number of hydrogen-bond acceptors (Lipinski definition) is 2. The highest BCUT2D eigenvalue weighted by molar-refractivity contribution is 5.88. The molecule has 1 N–H and O–H groups in total. The van der Waals surface area contributed by atoms with Crippen molar-refractivity contribution in [3.63, 3.8) is 0 Å². The van der Waals surface area contributed by atoms with Gasteiger partial charge < -0.3 is 10.0 Å². The Morgan fingerprint density at radius 3 is 2.62 bits per heavy atom. The number of aromatic carboxylic acids is 1. The van der Waals surface area contributed by atoms with Crippen LogP contribution in [-0.2, 0) is 23.2 Å². The molecule has 1 saturated carbocycles. The van der Waals surface area contributed by atoms with E-state index < -0.39 is 5.97 Å². The summed E-state index contributed by atoms with van der Waals surface area (Å²) in [6.07, 6.45) is 2.53. The monoisotopic (exact) mass is 321 g/mol. The van der Waals surface area contributed by atoms with Gasteiger partial charge >= 0.3 is 5.97 Å². The Bertz CT molecular complexity index is 823. The van der Waals surface area contributed by atoms with Crippen LogP contribution in [0.1, 0.15) is 39.9 Å². The SMILES string of the molecule is O=C(O)c1cccc(CC(=O)N2Cc3ccccc3C3(CC3)C2)c1. The highest BCUT2D eigenvalue weighted by Gasteiger charge is 2.49. The molecule has 1 amide bonds. The highest BCUT2D eigenvalue weighted by Crippen LogP contribution is 2.52. The van der Waals surface area contributed by atoms with Crippen molar-refractivity contribution < 1.29 is 14.7 Å². The van der Waals surface area contributed by atoms with Crippen molar-refractivity contribution in [1.82, 2.24) is 4.90 Å². The van der Waals surface area contributed by atoms with Crippen LogP contribution in [0.25, 0.3) is 0 Å². The standard InChI is InChI=1S/C20H19NO3/c22-18(11-14-4-3-6-15(10-14)19(23)24)21-12-16-5-1-2-7-17(16)20(13-21)8-9-20/h1-7,10H,8-9,11-13H2,(H,23,24). The molecular weight excluding hydrogens is 302 g/mol. The lowest BCUT2D eigenvalue weighted by Gasteiger charge is -2.35. The van der Waals surface area contributed by atoms with Crippen LogP contribution in [0.2, 0.25) is 0 Å². The van der Waals surface area contributed by atoms with Gasteiger partial charge in [0.1, 0.15) is 0 Å². The molecule has 0 aromatic heterocycles. The predicted octanol–water partition coefficient (Wildman–Crippen LogP) is 3.00. The van der Waals surface area contributed by atoms with Gasteiger partial charge in [0, 0.05) is 18.5 Å². The maximum atomic E-state index is 12.8. The number of carbonyl (C=O) groups excluding carboxylic acids is 1. The molecule has 2 aromatic carbocycles. The molecule has 4 nitrogen and oxygen atoms in total. The van der Waals surface area contributed by atoms with E-state index in [1.165, 1.54) is 11.1 Å². The average Bonchev–Trinajstić information content (AvgIpc) is 3.35. The predicted molar refractivity (Wildman–Crippen MR) is 89.9 cm³/mol. The summed E-state index contributed by atoms with van der Waals surface area (Å²) in [6, 6.07) is 15.1. The van der Waals surface area contributed by atoms with Gasteiger partial charge in [-0.3, -0.25) is 4.79 Å². The Kier molecular flexibility index (Phi) is 3.41. The van der Waals surface area contributed by atoms with Gasteiger partial charge in [-0.05, 0) is 41.7 Å². The number of hydrogen-bond donors (Lipinski definition) is 1. The molecule has 1 spiro atoms. The van der Waals surface area contributed by atoms with E-state index in [9.17, 15) is 9.59 Å². The molecule has 0 saturated heterocycles. The summed E-state index contributed by atoms with van der Waals surface area (Å²) in [5.41, 5.74) is 3.79. The quantitative estimate of drug-likeness (QED) is 0.945. The van der Waals surface area contributed by atoms with E-state index in [-0.39, 0.29) is 23.3 Å². The van der Waals surface area contributed by atoms with Crippen molar-refractivity contribution in [1.29, 1.82) is 0 Å². The zero-order valence-corrected chi connectivity index (χ0v) is 13.4. The molecule has 1 aliphatic carbocycles. The van der Waals surface area contributed by atoms with Crippen molar-refractivity contribution in [2.45, 2.75) is 31.2 Å². The first-order chi connectivity index (χ1) is 11.6. The van der Waals surface area contributed by atoms with Gasteiger partial charge in [-0.2, -0.15) is 0 Å². The van der Waals surface area contributed by atoms with Crippen molar-refractivity contribution >= 4 is 11.9 Å². The van der Waals surface area contributed by atoms with Crippen LogP contribution in [0.15, 0.2) is 48.5 Å². The topological polar surface area (TPSA) is 57.6 Å². The summed E-state index contributed by atoms with van der Waals surface area (Å²) in [5.74, 6) is -0.897. The molecular formula is C20H19NO3. The second-order valence-electron chi connectivity index (χ2n) is 6.87. The largest absolute Gasteiger partial charge is 0.478 e. The Hall–Kier alpha value is -2.62. The lowest BCUT2D eigenvalue weighted by atomic mass is 9.87. The smallest absolute Gasteiger partial charge is 0.335 e. The van der Waals surface area contributed by atoms with Crippen LogP contribution in [0.4, 0.5) is 0 Å². The van der Waals surface area contributed by atoms with Crippen LogP contribution >= 0.6 is 0 Å². The van der Waals surface area contributed by atoms with Gasteiger partial charge in [0.05, 0.1) is 12.0 Å². The molecule has 122 valence electrons. The van der Waals surface area contributed by atoms with Gasteiger partial charge in [0.25, 0.3) is 0 Å². The van der Waals surface area contributed by atoms with E-state index >= 15 is 0 Å². The highest BCUT2D eigenvalue weighted by atomic mass is 16.4. The van der Waals surface area contributed by atoms with Crippen LogP contribution in [-0.4, -0.2) is 28.4 Å². The molecule has 2 aromatic rings. The first kappa shape index (κ1) is 14.9. The van der Waals surface area contributed by atoms with Crippen LogP contribution in [0.3, 0.4) is 0 Å². The van der Waals surface area contributed by atoms with Gasteiger partial charge in [-0.25, -0.2) is 4.79 Å². The molecule has 1 heterocycles. The third kappa shape index (κ3) is 2.58. The Balaban J connectivity index is 1.54. The molecule has 24 heavy (non-hydrogen) atoms. The third-order valence-electron chi connectivity index (χ3n) is 5.18. The summed E-state index contributed by atoms with van der Waals surface area (Å²) < 4.78 is 0. The Labute approximate surface area is 140 Å². The number of benzene rings is 2. The fourth-order valence-corrected chi connectivity index (χ4v) is 3.74. The summed E-state index contributed by atoms with van der Waals surface area (Å²) >= 11 is 0. The van der Waals surface area contributed by atoms with E-state index in [1.54, 1.807) is 18.2 Å². The minimum Gasteiger partial charge on any atom is -0.478 e. The van der Waals surface area contributed by atoms with Crippen molar-refractivity contribution in [2.24, 2.45) is 0 Å². The van der Waals surface area contributed by atoms with Gasteiger partial charge in [-0.15, -0.1) is 0 Å². The first-order valence-electron chi connectivity index (χ1n) is 8.26. The number of carboxylic acids is 1. The number of amides is 1. The summed E-state index contributed by atoms with van der Waals surface area (Å²) in [5, 5.41) is 9.08. The van der Waals surface area contributed by atoms with Gasteiger partial charge in [0.2, 0.25) is 5.91 Å². The summed E-state index contributed by atoms with van der Waals surface area (Å²) in [6.45, 7) is 1.43. The second kappa shape index (κ2) is 5.48. The molecule has 0 atom stereocenters. The number of nitrogens with zero attached hydrogens (tertiary/aromatic N) is 1. The number of carbonyl (C=O) groups is 2. The molecule has 1 fully saturated rings. The average molecular weight is 321 g/mol. The molecule has 4 heteroatoms. The number of rotatable bonds is 3. The molecule has 0 unspecified atom stereocenters. The maximum absolute atomic E-state index is 12.8. The minimum absolute atomic E-state index is 0.0679. The van der Waals surface area contributed by atoms with Crippen LogP contribution < -0.4 is 0 Å². The van der Waals surface area contributed by atoms with Gasteiger partial charge in [-0.1, -0.05) is 36.4 Å². The van der Waals surface area contributed by atoms with Gasteiger partial charge in [0.15, 0.2) is 0 Å². The molecule has 0 radical (unpaired) electrons. The maximum Gasteiger partial charge on any atom is 0.335 e. The zero-order valence-electron chi connectivity index (χ0n) is 13.4. The summed E-state index contributed by atoms with van der Waals surface area (Å²) in [7, 11) is 0. The zero-order chi connectivity index (χ0) is 16.7. The second-order valence-corrected chi connectivity index (χ2v) is 6.87. The number of carboxylic acid groups (broad SMARTS) is 1. The fraction of sp³-hybridized carbons (Fsp3) is 0.300. The molecule has 4 rings (SSSR count). The van der Waals surface area contributed by atoms with Crippen molar-refractivity contribution in [2.75, 3.05) is 6.54 Å². The lowest BCUT2D eigenvalue weighted by Crippen LogP contribution is -2.42. The fourth-order valence-electron chi connectivity index (χ4n) is 3.74. The van der Waals surface area contributed by atoms with E-state index in [0.717, 1.165) is 24.9 Å². The molecule has 1 aliphatic heterocycles. The first-order valence-corrected chi connectivity index (χ1v) is 8.26. The van der Waals surface area contributed by atoms with Crippen molar-refractivity contribution in [3.8, 4) is 0 Å². The van der Waals surface area contributed by atoms with Crippen LogP contribution in [0, 0.1) is 0 Å². The normalized spacial score (nSPS) is 17.4. The van der Waals surface area contributed by atoms with E-state index in [2.05, 4.69) is 18.2 Å². The van der Waals surface area contributed by atoms with E-state index in [0.29, 0.717) is 6.54 Å². The molecule has 0 bridgehead atoms. The minimum atomic E-state index is -0.965. The number of fused-ring (bicyclic) bond motifs is 2. The Morgan fingerprint density at radius 1 is 1.08 bits per heavy atom.